The van der Waals surface area contributed by atoms with Crippen LogP contribution < -0.4 is 15.4 Å². The van der Waals surface area contributed by atoms with Crippen LogP contribution in [-0.2, 0) is 4.74 Å². The lowest BCUT2D eigenvalue weighted by molar-refractivity contribution is 0.131. The second-order valence-corrected chi connectivity index (χ2v) is 7.12. The zero-order chi connectivity index (χ0) is 18.0. The molecular formula is C18H29BrIN3O3. The van der Waals surface area contributed by atoms with Gasteiger partial charge in [0.15, 0.2) is 5.96 Å². The number of hydrogen-bond acceptors (Lipinski definition) is 4. The number of hydrogen-bond donors (Lipinski definition) is 3. The number of halogens is 2. The first kappa shape index (κ1) is 23.5. The van der Waals surface area contributed by atoms with Crippen LogP contribution in [0.3, 0.4) is 0 Å². The lowest BCUT2D eigenvalue weighted by Gasteiger charge is -2.24. The third kappa shape index (κ3) is 7.98. The van der Waals surface area contributed by atoms with Crippen molar-refractivity contribution in [2.24, 2.45) is 10.4 Å². The van der Waals surface area contributed by atoms with Crippen molar-refractivity contribution in [3.05, 3.63) is 28.7 Å². The highest BCUT2D eigenvalue weighted by atomic mass is 127. The molecule has 1 atom stereocenters. The Balaban J connectivity index is 0.00000338. The van der Waals surface area contributed by atoms with Gasteiger partial charge >= 0.3 is 0 Å². The van der Waals surface area contributed by atoms with Crippen molar-refractivity contribution in [1.82, 2.24) is 10.6 Å². The van der Waals surface area contributed by atoms with Gasteiger partial charge < -0.3 is 25.2 Å². The normalized spacial score (nSPS) is 19.7. The molecule has 3 N–H and O–H groups in total. The Hall–Kier alpha value is -0.580. The highest BCUT2D eigenvalue weighted by Gasteiger charge is 2.34. The summed E-state index contributed by atoms with van der Waals surface area (Å²) < 4.78 is 12.2. The molecule has 1 saturated heterocycles. The number of ether oxygens (including phenoxy) is 2. The molecule has 0 spiro atoms. The Labute approximate surface area is 181 Å². The molecule has 0 aromatic heterocycles. The first-order chi connectivity index (χ1) is 12.2. The predicted molar refractivity (Wildman–Crippen MR) is 119 cm³/mol. The summed E-state index contributed by atoms with van der Waals surface area (Å²) in [5.41, 5.74) is -0.0378. The van der Waals surface area contributed by atoms with Gasteiger partial charge in [0.05, 0.1) is 19.7 Å². The third-order valence-corrected chi connectivity index (χ3v) is 4.70. The van der Waals surface area contributed by atoms with Crippen molar-refractivity contribution in [2.75, 3.05) is 46.1 Å². The van der Waals surface area contributed by atoms with E-state index in [1.165, 1.54) is 0 Å². The molecule has 0 amide bonds. The molecule has 1 aliphatic heterocycles. The molecule has 1 heterocycles. The van der Waals surface area contributed by atoms with Gasteiger partial charge in [-0.05, 0) is 38.0 Å². The van der Waals surface area contributed by atoms with E-state index >= 15 is 0 Å². The summed E-state index contributed by atoms with van der Waals surface area (Å²) in [7, 11) is 0. The van der Waals surface area contributed by atoms with Crippen molar-refractivity contribution >= 4 is 45.9 Å². The van der Waals surface area contributed by atoms with Crippen LogP contribution in [0.5, 0.6) is 5.75 Å². The number of aliphatic imine (C=N–C) groups is 1. The second kappa shape index (κ2) is 12.7. The van der Waals surface area contributed by atoms with Gasteiger partial charge in [0.2, 0.25) is 0 Å². The van der Waals surface area contributed by atoms with Crippen LogP contribution in [0.15, 0.2) is 33.7 Å². The smallest absolute Gasteiger partial charge is 0.191 e. The largest absolute Gasteiger partial charge is 0.492 e. The Morgan fingerprint density at radius 3 is 2.92 bits per heavy atom. The van der Waals surface area contributed by atoms with Gasteiger partial charge in [-0.15, -0.1) is 24.0 Å². The Morgan fingerprint density at radius 2 is 2.27 bits per heavy atom. The summed E-state index contributed by atoms with van der Waals surface area (Å²) in [5.74, 6) is 1.60. The number of benzene rings is 1. The first-order valence-corrected chi connectivity index (χ1v) is 9.56. The molecule has 148 valence electrons. The average Bonchev–Trinajstić information content (AvgIpc) is 3.06. The van der Waals surface area contributed by atoms with Gasteiger partial charge in [-0.3, -0.25) is 4.99 Å². The van der Waals surface area contributed by atoms with E-state index in [2.05, 4.69) is 31.6 Å². The van der Waals surface area contributed by atoms with E-state index in [1.54, 1.807) is 0 Å². The minimum atomic E-state index is -0.0378. The van der Waals surface area contributed by atoms with Crippen molar-refractivity contribution in [1.29, 1.82) is 0 Å². The fourth-order valence-electron chi connectivity index (χ4n) is 2.77. The van der Waals surface area contributed by atoms with Crippen LogP contribution >= 0.6 is 39.9 Å². The zero-order valence-corrected chi connectivity index (χ0v) is 19.1. The van der Waals surface area contributed by atoms with Crippen molar-refractivity contribution in [2.45, 2.75) is 19.8 Å². The van der Waals surface area contributed by atoms with E-state index in [0.717, 1.165) is 42.2 Å². The van der Waals surface area contributed by atoms with Crippen molar-refractivity contribution in [3.63, 3.8) is 0 Å². The van der Waals surface area contributed by atoms with Crippen LogP contribution in [-0.4, -0.2) is 57.1 Å². The van der Waals surface area contributed by atoms with E-state index in [0.29, 0.717) is 26.3 Å². The van der Waals surface area contributed by atoms with Gasteiger partial charge in [-0.2, -0.15) is 0 Å². The highest BCUT2D eigenvalue weighted by molar-refractivity contribution is 14.0. The Kier molecular flexibility index (Phi) is 11.5. The van der Waals surface area contributed by atoms with Gasteiger partial charge in [-0.1, -0.05) is 22.0 Å². The summed E-state index contributed by atoms with van der Waals surface area (Å²) in [5, 5.41) is 15.8. The molecule has 26 heavy (non-hydrogen) atoms. The highest BCUT2D eigenvalue weighted by Crippen LogP contribution is 2.32. The molecule has 0 radical (unpaired) electrons. The van der Waals surface area contributed by atoms with E-state index in [1.807, 2.05) is 31.2 Å². The Bertz CT molecular complexity index is 554. The molecule has 8 heteroatoms. The molecule has 0 saturated carbocycles. The van der Waals surface area contributed by atoms with Crippen LogP contribution in [0.25, 0.3) is 0 Å². The first-order valence-electron chi connectivity index (χ1n) is 8.76. The molecule has 6 nitrogen and oxygen atoms in total. The number of aliphatic hydroxyl groups excluding tert-OH is 1. The lowest BCUT2D eigenvalue weighted by atomic mass is 9.84. The molecule has 1 aromatic carbocycles. The minimum Gasteiger partial charge on any atom is -0.492 e. The average molecular weight is 542 g/mol. The molecule has 0 aliphatic carbocycles. The lowest BCUT2D eigenvalue weighted by Crippen LogP contribution is -2.40. The number of nitrogens with one attached hydrogen (secondary N) is 2. The van der Waals surface area contributed by atoms with E-state index in [9.17, 15) is 5.11 Å². The quantitative estimate of drug-likeness (QED) is 0.194. The van der Waals surface area contributed by atoms with Gasteiger partial charge in [0, 0.05) is 29.6 Å². The number of nitrogens with zero attached hydrogens (tertiary/aromatic N) is 1. The fourth-order valence-corrected chi connectivity index (χ4v) is 3.15. The maximum absolute atomic E-state index is 9.31. The molecule has 0 bridgehead atoms. The standard InChI is InChI=1S/C18H28BrN3O3.HI/c1-2-20-17(22-13-18(6-9-23)7-10-24-14-18)21-8-11-25-16-5-3-4-15(19)12-16;/h3-5,12,23H,2,6-11,13-14H2,1H3,(H2,20,21,22);1H. The maximum Gasteiger partial charge on any atom is 0.191 e. The monoisotopic (exact) mass is 541 g/mol. The topological polar surface area (TPSA) is 75.1 Å². The molecule has 2 rings (SSSR count). The maximum atomic E-state index is 9.31. The van der Waals surface area contributed by atoms with E-state index < -0.39 is 0 Å². The van der Waals surface area contributed by atoms with Crippen molar-refractivity contribution in [3.8, 4) is 5.75 Å². The fraction of sp³-hybridized carbons (Fsp3) is 0.611. The van der Waals surface area contributed by atoms with Gasteiger partial charge in [-0.25, -0.2) is 0 Å². The predicted octanol–water partition coefficient (Wildman–Crippen LogP) is 2.79. The molecular weight excluding hydrogens is 513 g/mol. The molecule has 1 aromatic rings. The summed E-state index contributed by atoms with van der Waals surface area (Å²) >= 11 is 3.43. The molecule has 1 unspecified atom stereocenters. The second-order valence-electron chi connectivity index (χ2n) is 6.20. The third-order valence-electron chi connectivity index (χ3n) is 4.20. The van der Waals surface area contributed by atoms with Gasteiger partial charge in [0.25, 0.3) is 0 Å². The zero-order valence-electron chi connectivity index (χ0n) is 15.2. The molecule has 1 fully saturated rings. The van der Waals surface area contributed by atoms with E-state index in [4.69, 9.17) is 9.47 Å². The van der Waals surface area contributed by atoms with Gasteiger partial charge in [0.1, 0.15) is 12.4 Å². The number of aliphatic hydroxyl groups is 1. The summed E-state index contributed by atoms with van der Waals surface area (Å²) in [6.07, 6.45) is 1.67. The molecule has 1 aliphatic rings. The van der Waals surface area contributed by atoms with Crippen LogP contribution in [0, 0.1) is 5.41 Å². The number of rotatable bonds is 9. The SMILES string of the molecule is CCNC(=NCC1(CCO)CCOC1)NCCOc1cccc(Br)c1.I. The van der Waals surface area contributed by atoms with Crippen molar-refractivity contribution < 1.29 is 14.6 Å². The summed E-state index contributed by atoms with van der Waals surface area (Å²) in [4.78, 5) is 4.69. The number of guanidine groups is 1. The minimum absolute atomic E-state index is 0. The Morgan fingerprint density at radius 1 is 1.42 bits per heavy atom. The van der Waals surface area contributed by atoms with Crippen LogP contribution in [0.2, 0.25) is 0 Å². The van der Waals surface area contributed by atoms with Crippen LogP contribution in [0.4, 0.5) is 0 Å². The summed E-state index contributed by atoms with van der Waals surface area (Å²) in [6.45, 7) is 6.27. The summed E-state index contributed by atoms with van der Waals surface area (Å²) in [6, 6.07) is 7.79. The van der Waals surface area contributed by atoms with E-state index in [-0.39, 0.29) is 36.0 Å². The van der Waals surface area contributed by atoms with Crippen LogP contribution in [0.1, 0.15) is 19.8 Å².